The van der Waals surface area contributed by atoms with Crippen LogP contribution in [0.4, 0.5) is 0 Å². The van der Waals surface area contributed by atoms with Crippen molar-refractivity contribution in [3.8, 4) is 22.8 Å². The van der Waals surface area contributed by atoms with Crippen LogP contribution in [0.1, 0.15) is 10.6 Å². The second kappa shape index (κ2) is 7.77. The van der Waals surface area contributed by atoms with E-state index < -0.39 is 11.4 Å². The maximum Gasteiger partial charge on any atom is 0.379 e. The summed E-state index contributed by atoms with van der Waals surface area (Å²) in [6.45, 7) is 0. The lowest BCUT2D eigenvalue weighted by Crippen LogP contribution is -2.16. The van der Waals surface area contributed by atoms with E-state index in [2.05, 4.69) is 15.9 Å². The Labute approximate surface area is 177 Å². The van der Waals surface area contributed by atoms with Crippen molar-refractivity contribution < 1.29 is 23.1 Å². The van der Waals surface area contributed by atoms with Crippen molar-refractivity contribution in [3.63, 3.8) is 0 Å². The van der Waals surface area contributed by atoms with Gasteiger partial charge in [-0.2, -0.15) is 0 Å². The summed E-state index contributed by atoms with van der Waals surface area (Å²) in [6.07, 6.45) is 0. The minimum atomic E-state index is -0.834. The molecule has 2 heterocycles. The molecule has 0 saturated carbocycles. The molecule has 0 fully saturated rings. The van der Waals surface area contributed by atoms with Gasteiger partial charge in [0.05, 0.1) is 12.5 Å². The zero-order valence-corrected chi connectivity index (χ0v) is 17.2. The molecule has 4 rings (SSSR count). The lowest BCUT2D eigenvalue weighted by Gasteiger charge is -2.10. The molecule has 0 saturated heterocycles. The Balaban J connectivity index is 1.89. The zero-order valence-electron chi connectivity index (χ0n) is 14.9. The quantitative estimate of drug-likeness (QED) is 0.353. The van der Waals surface area contributed by atoms with Crippen LogP contribution in [-0.4, -0.2) is 13.1 Å². The van der Waals surface area contributed by atoms with Crippen molar-refractivity contribution in [1.82, 2.24) is 0 Å². The first-order valence-corrected chi connectivity index (χ1v) is 9.51. The fourth-order valence-electron chi connectivity index (χ4n) is 2.74. The van der Waals surface area contributed by atoms with E-state index in [-0.39, 0.29) is 22.7 Å². The molecule has 0 atom stereocenters. The number of esters is 1. The van der Waals surface area contributed by atoms with Gasteiger partial charge in [0, 0.05) is 10.6 Å². The van der Waals surface area contributed by atoms with Crippen LogP contribution >= 0.6 is 27.5 Å². The molecule has 0 amide bonds. The zero-order chi connectivity index (χ0) is 20.5. The summed E-state index contributed by atoms with van der Waals surface area (Å²) < 4.78 is 22.0. The standard InChI is InChI=1S/C21H12BrClO6/c1-26-13-5-2-11(3-6-13)19-20(29-21(25)16-8-9-17(22)27-16)18(24)14-10-12(23)4-7-15(14)28-19/h2-10H,1H3. The smallest absolute Gasteiger partial charge is 0.379 e. The molecule has 0 bridgehead atoms. The van der Waals surface area contributed by atoms with Gasteiger partial charge in [0.15, 0.2) is 10.4 Å². The van der Waals surface area contributed by atoms with Crippen LogP contribution < -0.4 is 14.9 Å². The van der Waals surface area contributed by atoms with Crippen LogP contribution in [0.5, 0.6) is 11.5 Å². The largest absolute Gasteiger partial charge is 0.497 e. The van der Waals surface area contributed by atoms with Crippen molar-refractivity contribution >= 4 is 44.5 Å². The number of rotatable bonds is 4. The van der Waals surface area contributed by atoms with E-state index in [4.69, 9.17) is 29.9 Å². The molecule has 6 nitrogen and oxygen atoms in total. The summed E-state index contributed by atoms with van der Waals surface area (Å²) in [5, 5.41) is 0.549. The van der Waals surface area contributed by atoms with Gasteiger partial charge < -0.3 is 18.3 Å². The molecule has 0 aliphatic rings. The van der Waals surface area contributed by atoms with Gasteiger partial charge in [0.2, 0.25) is 16.9 Å². The molecular formula is C21H12BrClO6. The molecule has 0 unspecified atom stereocenters. The number of carbonyl (C=O) groups excluding carboxylic acids is 1. The first-order chi connectivity index (χ1) is 14.0. The van der Waals surface area contributed by atoms with Gasteiger partial charge in [-0.25, -0.2) is 4.79 Å². The SMILES string of the molecule is COc1ccc(-c2oc3ccc(Cl)cc3c(=O)c2OC(=O)c2ccc(Br)o2)cc1. The number of benzene rings is 2. The topological polar surface area (TPSA) is 78.9 Å². The van der Waals surface area contributed by atoms with Crippen molar-refractivity contribution in [1.29, 1.82) is 0 Å². The molecule has 146 valence electrons. The normalized spacial score (nSPS) is 10.9. The lowest BCUT2D eigenvalue weighted by molar-refractivity contribution is 0.0696. The molecule has 0 spiro atoms. The highest BCUT2D eigenvalue weighted by Crippen LogP contribution is 2.33. The summed E-state index contributed by atoms with van der Waals surface area (Å²) in [5.41, 5.74) is 0.312. The predicted molar refractivity (Wildman–Crippen MR) is 111 cm³/mol. The summed E-state index contributed by atoms with van der Waals surface area (Å²) in [4.78, 5) is 25.6. The highest BCUT2D eigenvalue weighted by atomic mass is 79.9. The van der Waals surface area contributed by atoms with E-state index in [1.165, 1.54) is 12.1 Å². The fourth-order valence-corrected chi connectivity index (χ4v) is 3.22. The lowest BCUT2D eigenvalue weighted by atomic mass is 10.1. The molecule has 2 aromatic carbocycles. The highest BCUT2D eigenvalue weighted by molar-refractivity contribution is 9.10. The number of hydrogen-bond acceptors (Lipinski definition) is 6. The van der Waals surface area contributed by atoms with Gasteiger partial charge in [-0.1, -0.05) is 11.6 Å². The third-order valence-corrected chi connectivity index (χ3v) is 4.79. The number of furan rings is 1. The average molecular weight is 476 g/mol. The van der Waals surface area contributed by atoms with Crippen LogP contribution in [0.25, 0.3) is 22.3 Å². The van der Waals surface area contributed by atoms with Crippen molar-refractivity contribution in [2.24, 2.45) is 0 Å². The molecular weight excluding hydrogens is 464 g/mol. The number of carbonyl (C=O) groups is 1. The Bertz CT molecular complexity index is 1270. The molecule has 29 heavy (non-hydrogen) atoms. The van der Waals surface area contributed by atoms with Crippen molar-refractivity contribution in [3.05, 3.63) is 80.3 Å². The first-order valence-electron chi connectivity index (χ1n) is 8.34. The van der Waals surface area contributed by atoms with Gasteiger partial charge in [-0.3, -0.25) is 4.79 Å². The minimum absolute atomic E-state index is 0.0665. The maximum atomic E-state index is 13.1. The second-order valence-corrected chi connectivity index (χ2v) is 7.17. The second-order valence-electron chi connectivity index (χ2n) is 5.95. The van der Waals surface area contributed by atoms with E-state index in [9.17, 15) is 9.59 Å². The van der Waals surface area contributed by atoms with Crippen LogP contribution in [0.3, 0.4) is 0 Å². The monoisotopic (exact) mass is 474 g/mol. The summed E-state index contributed by atoms with van der Waals surface area (Å²) in [6, 6.07) is 14.4. The third kappa shape index (κ3) is 3.79. The summed E-state index contributed by atoms with van der Waals surface area (Å²) in [7, 11) is 1.55. The molecule has 8 heteroatoms. The Hall–Kier alpha value is -3.03. The molecule has 0 radical (unpaired) electrons. The van der Waals surface area contributed by atoms with Crippen LogP contribution in [0.2, 0.25) is 5.02 Å². The Kier molecular flexibility index (Phi) is 5.17. The number of methoxy groups -OCH3 is 1. The Morgan fingerprint density at radius 1 is 1.03 bits per heavy atom. The van der Waals surface area contributed by atoms with E-state index in [0.29, 0.717) is 26.6 Å². The number of ether oxygens (including phenoxy) is 2. The van der Waals surface area contributed by atoms with E-state index >= 15 is 0 Å². The minimum Gasteiger partial charge on any atom is -0.497 e. The third-order valence-electron chi connectivity index (χ3n) is 4.13. The van der Waals surface area contributed by atoms with Gasteiger partial charge in [0.25, 0.3) is 0 Å². The van der Waals surface area contributed by atoms with Gasteiger partial charge >= 0.3 is 5.97 Å². The van der Waals surface area contributed by atoms with E-state index in [1.54, 1.807) is 49.6 Å². The molecule has 2 aromatic heterocycles. The van der Waals surface area contributed by atoms with E-state index in [0.717, 1.165) is 0 Å². The van der Waals surface area contributed by atoms with Crippen molar-refractivity contribution in [2.75, 3.05) is 7.11 Å². The summed E-state index contributed by atoms with van der Waals surface area (Å²) >= 11 is 9.14. The fraction of sp³-hybridized carbons (Fsp3) is 0.0476. The van der Waals surface area contributed by atoms with Gasteiger partial charge in [-0.15, -0.1) is 0 Å². The van der Waals surface area contributed by atoms with Crippen LogP contribution in [0.15, 0.2) is 72.9 Å². The predicted octanol–water partition coefficient (Wildman–Crippen LogP) is 5.70. The Morgan fingerprint density at radius 3 is 2.45 bits per heavy atom. The maximum absolute atomic E-state index is 13.1. The number of fused-ring (bicyclic) bond motifs is 1. The first kappa shape index (κ1) is 19.3. The molecule has 0 aliphatic carbocycles. The average Bonchev–Trinajstić information content (AvgIpc) is 3.17. The highest BCUT2D eigenvalue weighted by Gasteiger charge is 2.23. The molecule has 0 aliphatic heterocycles. The van der Waals surface area contributed by atoms with Crippen LogP contribution in [-0.2, 0) is 0 Å². The number of halogens is 2. The van der Waals surface area contributed by atoms with Gasteiger partial charge in [0.1, 0.15) is 11.3 Å². The van der Waals surface area contributed by atoms with E-state index in [1.807, 2.05) is 0 Å². The molecule has 0 N–H and O–H groups in total. The number of hydrogen-bond donors (Lipinski definition) is 0. The van der Waals surface area contributed by atoms with Crippen molar-refractivity contribution in [2.45, 2.75) is 0 Å². The van der Waals surface area contributed by atoms with Crippen LogP contribution in [0, 0.1) is 0 Å². The Morgan fingerprint density at radius 2 is 1.79 bits per heavy atom. The molecule has 4 aromatic rings. The van der Waals surface area contributed by atoms with Gasteiger partial charge in [-0.05, 0) is 70.5 Å². The summed E-state index contributed by atoms with van der Waals surface area (Å²) in [5.74, 6) is -0.432.